The first-order chi connectivity index (χ1) is 11.2. The highest BCUT2D eigenvalue weighted by Crippen LogP contribution is 2.29. The van der Waals surface area contributed by atoms with Crippen molar-refractivity contribution in [1.82, 2.24) is 0 Å². The lowest BCUT2D eigenvalue weighted by atomic mass is 10.0. The van der Waals surface area contributed by atoms with Crippen LogP contribution in [-0.2, 0) is 6.42 Å². The van der Waals surface area contributed by atoms with E-state index in [9.17, 15) is 4.39 Å². The van der Waals surface area contributed by atoms with Gasteiger partial charge in [-0.05, 0) is 81.4 Å². The van der Waals surface area contributed by atoms with Crippen molar-refractivity contribution in [3.8, 4) is 5.75 Å². The Morgan fingerprint density at radius 3 is 2.52 bits per heavy atom. The number of hydrogen-bond acceptors (Lipinski definition) is 1. The van der Waals surface area contributed by atoms with E-state index in [-0.39, 0.29) is 11.9 Å². The van der Waals surface area contributed by atoms with E-state index in [1.165, 1.54) is 38.5 Å². The Morgan fingerprint density at radius 1 is 1.09 bits per heavy atom. The fraction of sp³-hybridized carbons (Fsp3) is 0.619. The van der Waals surface area contributed by atoms with Crippen molar-refractivity contribution in [2.24, 2.45) is 5.92 Å². The largest absolute Gasteiger partial charge is 0.487 e. The molecule has 2 saturated carbocycles. The molecule has 0 bridgehead atoms. The highest BCUT2D eigenvalue weighted by molar-refractivity contribution is 5.37. The van der Waals surface area contributed by atoms with Gasteiger partial charge >= 0.3 is 0 Å². The van der Waals surface area contributed by atoms with Crippen molar-refractivity contribution in [3.05, 3.63) is 41.2 Å². The number of benzene rings is 1. The molecule has 1 aromatic carbocycles. The Morgan fingerprint density at radius 2 is 1.78 bits per heavy atom. The minimum absolute atomic E-state index is 0.158. The molecular formula is C21H29FO. The predicted molar refractivity (Wildman–Crippen MR) is 93.4 cm³/mol. The number of hydrogen-bond donors (Lipinski definition) is 0. The van der Waals surface area contributed by atoms with Crippen molar-refractivity contribution >= 4 is 0 Å². The second-order valence-corrected chi connectivity index (χ2v) is 7.20. The van der Waals surface area contributed by atoms with Gasteiger partial charge in [-0.25, -0.2) is 4.39 Å². The summed E-state index contributed by atoms with van der Waals surface area (Å²) < 4.78 is 20.4. The van der Waals surface area contributed by atoms with Crippen molar-refractivity contribution in [3.63, 3.8) is 0 Å². The molecule has 1 nitrogen and oxygen atoms in total. The molecule has 2 heteroatoms. The third-order valence-electron chi connectivity index (χ3n) is 5.45. The molecule has 0 unspecified atom stereocenters. The fourth-order valence-corrected chi connectivity index (χ4v) is 3.93. The molecule has 0 aromatic heterocycles. The van der Waals surface area contributed by atoms with Crippen LogP contribution in [0.5, 0.6) is 5.75 Å². The summed E-state index contributed by atoms with van der Waals surface area (Å²) in [6, 6.07) is 3.88. The van der Waals surface area contributed by atoms with Crippen LogP contribution >= 0.6 is 0 Å². The molecule has 0 atom stereocenters. The quantitative estimate of drug-likeness (QED) is 0.573. The zero-order valence-corrected chi connectivity index (χ0v) is 14.3. The Hall–Kier alpha value is -1.31. The van der Waals surface area contributed by atoms with Gasteiger partial charge in [-0.3, -0.25) is 0 Å². The second kappa shape index (κ2) is 7.99. The number of allylic oxidation sites excluding steroid dienone is 2. The lowest BCUT2D eigenvalue weighted by Crippen LogP contribution is -2.12. The van der Waals surface area contributed by atoms with Gasteiger partial charge < -0.3 is 4.74 Å². The van der Waals surface area contributed by atoms with E-state index in [4.69, 9.17) is 4.74 Å². The predicted octanol–water partition coefficient (Wildman–Crippen LogP) is 6.13. The third-order valence-corrected chi connectivity index (χ3v) is 5.45. The Balaban J connectivity index is 1.55. The molecule has 0 N–H and O–H groups in total. The summed E-state index contributed by atoms with van der Waals surface area (Å²) in [6.45, 7) is 1.88. The van der Waals surface area contributed by atoms with Gasteiger partial charge in [0.1, 0.15) is 0 Å². The summed E-state index contributed by atoms with van der Waals surface area (Å²) in [4.78, 5) is 0. The number of halogens is 1. The van der Waals surface area contributed by atoms with Gasteiger partial charge in [0.05, 0.1) is 6.10 Å². The first-order valence-corrected chi connectivity index (χ1v) is 9.35. The van der Waals surface area contributed by atoms with Gasteiger partial charge in [0.25, 0.3) is 0 Å². The van der Waals surface area contributed by atoms with Gasteiger partial charge in [-0.2, -0.15) is 0 Å². The van der Waals surface area contributed by atoms with E-state index in [1.54, 1.807) is 0 Å². The van der Waals surface area contributed by atoms with E-state index >= 15 is 0 Å². The maximum atomic E-state index is 14.5. The van der Waals surface area contributed by atoms with Gasteiger partial charge in [-0.1, -0.05) is 31.1 Å². The van der Waals surface area contributed by atoms with Crippen molar-refractivity contribution in [2.45, 2.75) is 77.2 Å². The summed E-state index contributed by atoms with van der Waals surface area (Å²) in [5, 5.41) is 0. The van der Waals surface area contributed by atoms with Crippen LogP contribution in [0.1, 0.15) is 68.9 Å². The van der Waals surface area contributed by atoms with E-state index in [0.717, 1.165) is 42.7 Å². The zero-order chi connectivity index (χ0) is 16.1. The van der Waals surface area contributed by atoms with Crippen LogP contribution in [-0.4, -0.2) is 6.10 Å². The standard InChI is InChI=1S/C21H29FO/c1-16-18(11-5-4-10-17-8-2-3-9-17)14-15-20(21(16)22)23-19-12-6-7-13-19/h4,10,14-15,17,19H,2-3,5-9,11-13H2,1H3/b10-4+. The lowest BCUT2D eigenvalue weighted by molar-refractivity contribution is 0.200. The molecule has 3 rings (SSSR count). The summed E-state index contributed by atoms with van der Waals surface area (Å²) in [7, 11) is 0. The number of rotatable bonds is 6. The smallest absolute Gasteiger partial charge is 0.168 e. The van der Waals surface area contributed by atoms with Crippen molar-refractivity contribution < 1.29 is 9.13 Å². The number of ether oxygens (including phenoxy) is 1. The molecule has 0 heterocycles. The van der Waals surface area contributed by atoms with Crippen LogP contribution in [0.15, 0.2) is 24.3 Å². The molecule has 2 aliphatic carbocycles. The average molecular weight is 316 g/mol. The Kier molecular flexibility index (Phi) is 5.75. The first-order valence-electron chi connectivity index (χ1n) is 9.35. The first kappa shape index (κ1) is 16.5. The molecule has 23 heavy (non-hydrogen) atoms. The molecule has 0 radical (unpaired) electrons. The Bertz CT molecular complexity index is 537. The van der Waals surface area contributed by atoms with Gasteiger partial charge in [0, 0.05) is 0 Å². The zero-order valence-electron chi connectivity index (χ0n) is 14.3. The third kappa shape index (κ3) is 4.37. The van der Waals surface area contributed by atoms with Crippen LogP contribution in [0.3, 0.4) is 0 Å². The van der Waals surface area contributed by atoms with E-state index in [0.29, 0.717) is 5.75 Å². The van der Waals surface area contributed by atoms with Gasteiger partial charge in [0.15, 0.2) is 11.6 Å². The maximum Gasteiger partial charge on any atom is 0.168 e. The Labute approximate surface area is 139 Å². The molecule has 0 saturated heterocycles. The lowest BCUT2D eigenvalue weighted by Gasteiger charge is -2.16. The second-order valence-electron chi connectivity index (χ2n) is 7.20. The minimum atomic E-state index is -0.158. The van der Waals surface area contributed by atoms with Gasteiger partial charge in [-0.15, -0.1) is 0 Å². The molecule has 126 valence electrons. The van der Waals surface area contributed by atoms with E-state index in [1.807, 2.05) is 19.1 Å². The summed E-state index contributed by atoms with van der Waals surface area (Å²) in [6.07, 6.45) is 16.8. The van der Waals surface area contributed by atoms with Crippen molar-refractivity contribution in [2.75, 3.05) is 0 Å². The maximum absolute atomic E-state index is 14.5. The molecule has 2 fully saturated rings. The van der Waals surface area contributed by atoms with E-state index < -0.39 is 0 Å². The minimum Gasteiger partial charge on any atom is -0.487 e. The summed E-state index contributed by atoms with van der Waals surface area (Å²) in [5.74, 6) is 1.07. The normalized spacial score (nSPS) is 19.9. The van der Waals surface area contributed by atoms with Gasteiger partial charge in [0.2, 0.25) is 0 Å². The van der Waals surface area contributed by atoms with Crippen LogP contribution in [0.2, 0.25) is 0 Å². The topological polar surface area (TPSA) is 9.23 Å². The molecule has 0 aliphatic heterocycles. The fourth-order valence-electron chi connectivity index (χ4n) is 3.93. The number of aryl methyl sites for hydroxylation is 1. The summed E-state index contributed by atoms with van der Waals surface area (Å²) >= 11 is 0. The summed E-state index contributed by atoms with van der Waals surface area (Å²) in [5.41, 5.74) is 1.87. The SMILES string of the molecule is Cc1c(CC/C=C/C2CCCC2)ccc(OC2CCCC2)c1F. The molecular weight excluding hydrogens is 287 g/mol. The monoisotopic (exact) mass is 316 g/mol. The van der Waals surface area contributed by atoms with Crippen molar-refractivity contribution in [1.29, 1.82) is 0 Å². The van der Waals surface area contributed by atoms with Crippen LogP contribution in [0.25, 0.3) is 0 Å². The molecule has 2 aliphatic rings. The average Bonchev–Trinajstić information content (AvgIpc) is 3.24. The molecule has 0 amide bonds. The highest BCUT2D eigenvalue weighted by Gasteiger charge is 2.19. The molecule has 0 spiro atoms. The molecule has 1 aromatic rings. The van der Waals surface area contributed by atoms with Crippen LogP contribution in [0.4, 0.5) is 4.39 Å². The highest BCUT2D eigenvalue weighted by atomic mass is 19.1. The van der Waals surface area contributed by atoms with Crippen LogP contribution in [0, 0.1) is 18.7 Å². The van der Waals surface area contributed by atoms with E-state index in [2.05, 4.69) is 12.2 Å². The van der Waals surface area contributed by atoms with Crippen LogP contribution < -0.4 is 4.74 Å².